The molecule has 0 aromatic heterocycles. The summed E-state index contributed by atoms with van der Waals surface area (Å²) < 4.78 is 124. The van der Waals surface area contributed by atoms with Crippen molar-refractivity contribution in [2.75, 3.05) is 7.11 Å². The first kappa shape index (κ1) is 33.6. The summed E-state index contributed by atoms with van der Waals surface area (Å²) in [6.07, 6.45) is 0. The van der Waals surface area contributed by atoms with E-state index < -0.39 is 31.3 Å². The maximum Gasteiger partial charge on any atom is 0.522 e. The van der Waals surface area contributed by atoms with Crippen molar-refractivity contribution in [3.05, 3.63) is 61.2 Å². The minimum atomic E-state index is -6.09. The average molecular weight is 681 g/mol. The minimum Gasteiger partial charge on any atom is -0.741 e. The molecule has 0 heterocycles. The average Bonchev–Trinajstić information content (AvgIpc) is 2.71. The lowest BCUT2D eigenvalue weighted by atomic mass is 10.2. The number of aliphatic imine (C=N–C) groups is 1. The second-order valence-corrected chi connectivity index (χ2v) is 11.8. The van der Waals surface area contributed by atoms with Gasteiger partial charge in [0.1, 0.15) is 5.75 Å². The maximum absolute atomic E-state index is 10.7. The highest BCUT2D eigenvalue weighted by Gasteiger charge is 2.44. The van der Waals surface area contributed by atoms with Crippen LogP contribution in [0.5, 0.6) is 5.75 Å². The number of hydrogen-bond acceptors (Lipinski definition) is 7. The third kappa shape index (κ3) is 13.7. The molecular weight excluding hydrogens is 663 g/mol. The van der Waals surface area contributed by atoms with Crippen molar-refractivity contribution < 1.29 is 78.2 Å². The molecule has 0 aliphatic rings. The fourth-order valence-corrected chi connectivity index (χ4v) is 4.02. The second kappa shape index (κ2) is 13.8. The van der Waals surface area contributed by atoms with Crippen LogP contribution in [0.15, 0.2) is 53.5 Å². The first-order chi connectivity index (χ1) is 16.2. The summed E-state index contributed by atoms with van der Waals surface area (Å²) in [5, 5.41) is 0. The highest BCUT2D eigenvalue weighted by Crippen LogP contribution is 2.21. The van der Waals surface area contributed by atoms with Crippen molar-refractivity contribution in [3.63, 3.8) is 0 Å². The van der Waals surface area contributed by atoms with E-state index in [4.69, 9.17) is 42.1 Å². The topological polar surface area (TPSA) is 185 Å². The molecular formula is C17H18F6IN3O7S2. The van der Waals surface area contributed by atoms with Crippen LogP contribution in [0, 0.1) is 7.14 Å². The molecule has 0 unspecified atom stereocenters. The van der Waals surface area contributed by atoms with Crippen molar-refractivity contribution in [1.82, 2.24) is 0 Å². The van der Waals surface area contributed by atoms with E-state index in [1.807, 2.05) is 18.2 Å². The molecule has 0 amide bonds. The van der Waals surface area contributed by atoms with Crippen LogP contribution >= 0.6 is 0 Å². The predicted molar refractivity (Wildman–Crippen MR) is 110 cm³/mol. The van der Waals surface area contributed by atoms with Crippen LogP contribution in [0.4, 0.5) is 26.3 Å². The van der Waals surface area contributed by atoms with Gasteiger partial charge in [0, 0.05) is 0 Å². The van der Waals surface area contributed by atoms with E-state index in [9.17, 15) is 26.3 Å². The number of methoxy groups -OCH3 is 1. The van der Waals surface area contributed by atoms with Gasteiger partial charge in [0.2, 0.25) is 0 Å². The smallest absolute Gasteiger partial charge is 0.522 e. The molecule has 0 radical (unpaired) electrons. The molecule has 0 atom stereocenters. The van der Waals surface area contributed by atoms with E-state index in [1.165, 1.54) is 7.14 Å². The molecule has 19 heteroatoms. The van der Waals surface area contributed by atoms with Crippen LogP contribution in [0.1, 0.15) is 5.56 Å². The molecule has 2 aromatic carbocycles. The van der Waals surface area contributed by atoms with Gasteiger partial charge in [0.25, 0.3) is 0 Å². The summed E-state index contributed by atoms with van der Waals surface area (Å²) in [5.74, 6) is 1.01. The Hall–Kier alpha value is -2.36. The number of rotatable bonds is 5. The number of halogens is 7. The van der Waals surface area contributed by atoms with Crippen molar-refractivity contribution in [2.24, 2.45) is 16.5 Å². The molecule has 5 N–H and O–H groups in total. The third-order valence-electron chi connectivity index (χ3n) is 3.18. The highest BCUT2D eigenvalue weighted by atomic mass is 127. The van der Waals surface area contributed by atoms with Crippen LogP contribution in [0.2, 0.25) is 0 Å². The summed E-state index contributed by atoms with van der Waals surface area (Å²) in [6, 6.07) is 16.6. The molecule has 0 saturated heterocycles. The van der Waals surface area contributed by atoms with Crippen molar-refractivity contribution in [2.45, 2.75) is 17.6 Å². The standard InChI is InChI=1S/C15H17IN3O.2CHF3O3S/c1-20-14-7-5-12(6-8-14)16-13-4-2-3-11(9-13)10-19-15(17)18;2*2-1(3,4)8(5,6)7/h2-9H,10H2,1H3,(H4,17,18,19);2*(H,5,6,7)/q+1;;/p-1. The van der Waals surface area contributed by atoms with Crippen LogP contribution < -0.4 is 37.4 Å². The molecule has 10 nitrogen and oxygen atoms in total. The number of alkyl halides is 6. The molecule has 2 rings (SSSR count). The Morgan fingerprint density at radius 2 is 1.44 bits per heavy atom. The highest BCUT2D eigenvalue weighted by molar-refractivity contribution is 7.86. The van der Waals surface area contributed by atoms with Crippen molar-refractivity contribution in [3.8, 4) is 5.75 Å². The Labute approximate surface area is 212 Å². The third-order valence-corrected chi connectivity index (χ3v) is 6.96. The van der Waals surface area contributed by atoms with E-state index in [2.05, 4.69) is 35.3 Å². The summed E-state index contributed by atoms with van der Waals surface area (Å²) in [5.41, 5.74) is 0.652. The van der Waals surface area contributed by atoms with Gasteiger partial charge < -0.3 is 20.8 Å². The number of benzene rings is 2. The summed E-state index contributed by atoms with van der Waals surface area (Å²) >= 11 is -0.200. The Kier molecular flexibility index (Phi) is 12.9. The van der Waals surface area contributed by atoms with Gasteiger partial charge in [-0.15, -0.1) is 0 Å². The lowest BCUT2D eigenvalue weighted by molar-refractivity contribution is -0.597. The van der Waals surface area contributed by atoms with Gasteiger partial charge in [-0.25, -0.2) is 13.4 Å². The monoisotopic (exact) mass is 681 g/mol. The SMILES string of the molecule is COc1ccc([I+]c2cccc(CN=C(N)N)c2)cc1.O=S(=O)(O)C(F)(F)F.O=S(=O)([O-])C(F)(F)F. The first-order valence-electron chi connectivity index (χ1n) is 8.66. The second-order valence-electron chi connectivity index (χ2n) is 5.94. The summed E-state index contributed by atoms with van der Waals surface area (Å²) in [6.45, 7) is 0.530. The molecule has 2 aromatic rings. The molecule has 204 valence electrons. The van der Waals surface area contributed by atoms with Gasteiger partial charge in [-0.2, -0.15) is 34.8 Å². The van der Waals surface area contributed by atoms with Crippen LogP contribution in [-0.2, 0) is 26.8 Å². The van der Waals surface area contributed by atoms with E-state index in [1.54, 1.807) is 7.11 Å². The zero-order chi connectivity index (χ0) is 28.4. The lowest BCUT2D eigenvalue weighted by Gasteiger charge is -2.08. The molecule has 0 saturated carbocycles. The van der Waals surface area contributed by atoms with Gasteiger partial charge in [-0.1, -0.05) is 12.1 Å². The Morgan fingerprint density at radius 3 is 1.81 bits per heavy atom. The zero-order valence-corrected chi connectivity index (χ0v) is 21.6. The molecule has 0 fully saturated rings. The van der Waals surface area contributed by atoms with E-state index in [0.29, 0.717) is 6.54 Å². The molecule has 0 aliphatic carbocycles. The predicted octanol–water partition coefficient (Wildman–Crippen LogP) is -0.958. The van der Waals surface area contributed by atoms with Crippen molar-refractivity contribution in [1.29, 1.82) is 0 Å². The van der Waals surface area contributed by atoms with Gasteiger partial charge in [0.05, 0.1) is 13.7 Å². The number of nitrogens with zero attached hydrogens (tertiary/aromatic N) is 1. The normalized spacial score (nSPS) is 11.8. The fourth-order valence-electron chi connectivity index (χ4n) is 1.64. The molecule has 36 heavy (non-hydrogen) atoms. The zero-order valence-electron chi connectivity index (χ0n) is 17.8. The van der Waals surface area contributed by atoms with E-state index >= 15 is 0 Å². The van der Waals surface area contributed by atoms with Crippen molar-refractivity contribution >= 4 is 26.2 Å². The Bertz CT molecular complexity index is 1170. The van der Waals surface area contributed by atoms with Gasteiger partial charge in [-0.05, 0) is 42.0 Å². The van der Waals surface area contributed by atoms with Crippen LogP contribution in [0.25, 0.3) is 0 Å². The van der Waals surface area contributed by atoms with E-state index in [0.717, 1.165) is 11.3 Å². The minimum absolute atomic E-state index is 0.125. The number of ether oxygens (including phenoxy) is 1. The Morgan fingerprint density at radius 1 is 0.972 bits per heavy atom. The van der Waals surface area contributed by atoms with Gasteiger partial charge >= 0.3 is 42.3 Å². The largest absolute Gasteiger partial charge is 0.741 e. The molecule has 0 spiro atoms. The molecule has 0 aliphatic heterocycles. The van der Waals surface area contributed by atoms with Gasteiger partial charge in [-0.3, -0.25) is 4.55 Å². The van der Waals surface area contributed by atoms with E-state index in [-0.39, 0.29) is 27.2 Å². The quantitative estimate of drug-likeness (QED) is 0.0894. The summed E-state index contributed by atoms with van der Waals surface area (Å²) in [4.78, 5) is 4.03. The van der Waals surface area contributed by atoms with Crippen LogP contribution in [-0.4, -0.2) is 50.0 Å². The lowest BCUT2D eigenvalue weighted by Crippen LogP contribution is -3.61. The number of guanidine groups is 1. The van der Waals surface area contributed by atoms with Gasteiger partial charge in [0.15, 0.2) is 23.2 Å². The fraction of sp³-hybridized carbons (Fsp3) is 0.235. The first-order valence-corrected chi connectivity index (χ1v) is 13.7. The number of hydrogen-bond donors (Lipinski definition) is 3. The van der Waals surface area contributed by atoms with Crippen LogP contribution in [0.3, 0.4) is 0 Å². The maximum atomic E-state index is 10.7. The Balaban J connectivity index is 0.000000634. The number of nitrogens with two attached hydrogens (primary N) is 2. The molecule has 0 bridgehead atoms. The summed E-state index contributed by atoms with van der Waals surface area (Å²) in [7, 11) is -10.3.